The minimum atomic E-state index is -0.787. The van der Waals surface area contributed by atoms with Gasteiger partial charge in [0.05, 0.1) is 25.3 Å². The van der Waals surface area contributed by atoms with Crippen molar-refractivity contribution in [3.05, 3.63) is 48.0 Å². The van der Waals surface area contributed by atoms with Gasteiger partial charge in [0, 0.05) is 18.8 Å². The van der Waals surface area contributed by atoms with Gasteiger partial charge in [-0.15, -0.1) is 0 Å². The fourth-order valence-electron chi connectivity index (χ4n) is 4.75. The number of carboxylic acids is 1. The Bertz CT molecular complexity index is 827. The summed E-state index contributed by atoms with van der Waals surface area (Å²) in [5.41, 5.74) is 1.06. The quantitative estimate of drug-likeness (QED) is 0.181. The maximum Gasteiger partial charge on any atom is 0.303 e. The number of ether oxygens (including phenoxy) is 1. The van der Waals surface area contributed by atoms with Crippen LogP contribution in [-0.4, -0.2) is 58.5 Å². The van der Waals surface area contributed by atoms with Gasteiger partial charge in [-0.05, 0) is 50.0 Å². The Morgan fingerprint density at radius 1 is 1.06 bits per heavy atom. The van der Waals surface area contributed by atoms with E-state index >= 15 is 0 Å². The number of carbonyl (C=O) groups is 3. The summed E-state index contributed by atoms with van der Waals surface area (Å²) in [6.07, 6.45) is 9.26. The predicted molar refractivity (Wildman–Crippen MR) is 121 cm³/mol. The van der Waals surface area contributed by atoms with E-state index in [4.69, 9.17) is 9.84 Å². The number of nitrogens with one attached hydrogen (secondary N) is 1. The number of hydrogen-bond donors (Lipinski definition) is 3. The third-order valence-electron chi connectivity index (χ3n) is 6.52. The standard InChI is InChI=1S/C25H34N2O6/c28-23(15-12-18-8-4-3-5-9-18)26-16-24(29)27(32)17-20-19(21-13-14-22(20)33-21)10-6-1-2-7-11-25(30)31/h1,3-6,8-9,19-22,32H,2,7,10-17H2,(H,26,28)(H,30,31)/b6-1-/t19-,20+,21-,22+/m0/s1. The van der Waals surface area contributed by atoms with E-state index in [1.165, 1.54) is 0 Å². The zero-order chi connectivity index (χ0) is 23.6. The topological polar surface area (TPSA) is 116 Å². The van der Waals surface area contributed by atoms with E-state index in [0.717, 1.165) is 29.9 Å². The maximum absolute atomic E-state index is 12.4. The molecule has 3 N–H and O–H groups in total. The van der Waals surface area contributed by atoms with E-state index in [2.05, 4.69) is 11.4 Å². The van der Waals surface area contributed by atoms with Crippen molar-refractivity contribution in [1.82, 2.24) is 10.4 Å². The SMILES string of the molecule is O=C(O)CCC/C=C\C[C@H]1[C@@H](CN(O)C(=O)CNC(=O)CCc2ccccc2)[C@H]2CC[C@@H]1O2. The summed E-state index contributed by atoms with van der Waals surface area (Å²) in [6.45, 7) is -0.0582. The largest absolute Gasteiger partial charge is 0.481 e. The molecule has 8 nitrogen and oxygen atoms in total. The van der Waals surface area contributed by atoms with Gasteiger partial charge in [-0.1, -0.05) is 42.5 Å². The molecule has 33 heavy (non-hydrogen) atoms. The van der Waals surface area contributed by atoms with Crippen molar-refractivity contribution >= 4 is 17.8 Å². The molecule has 0 spiro atoms. The van der Waals surface area contributed by atoms with Gasteiger partial charge in [0.1, 0.15) is 0 Å². The highest BCUT2D eigenvalue weighted by Crippen LogP contribution is 2.45. The molecule has 2 heterocycles. The van der Waals surface area contributed by atoms with Gasteiger partial charge >= 0.3 is 5.97 Å². The molecule has 1 aromatic rings. The predicted octanol–water partition coefficient (Wildman–Crippen LogP) is 2.95. The number of rotatable bonds is 13. The fraction of sp³-hybridized carbons (Fsp3) is 0.560. The highest BCUT2D eigenvalue weighted by molar-refractivity contribution is 5.84. The molecule has 1 aromatic carbocycles. The van der Waals surface area contributed by atoms with Crippen molar-refractivity contribution in [3.63, 3.8) is 0 Å². The molecule has 8 heteroatoms. The lowest BCUT2D eigenvalue weighted by molar-refractivity contribution is -0.169. The summed E-state index contributed by atoms with van der Waals surface area (Å²) in [6, 6.07) is 9.66. The van der Waals surface area contributed by atoms with Crippen LogP contribution in [0.2, 0.25) is 0 Å². The third-order valence-corrected chi connectivity index (χ3v) is 6.52. The van der Waals surface area contributed by atoms with Crippen LogP contribution in [0.5, 0.6) is 0 Å². The molecule has 3 rings (SSSR count). The zero-order valence-electron chi connectivity index (χ0n) is 18.9. The van der Waals surface area contributed by atoms with E-state index in [1.807, 2.05) is 36.4 Å². The Kier molecular flexibility index (Phi) is 9.45. The first-order valence-electron chi connectivity index (χ1n) is 11.8. The second kappa shape index (κ2) is 12.5. The van der Waals surface area contributed by atoms with Gasteiger partial charge in [-0.2, -0.15) is 0 Å². The van der Waals surface area contributed by atoms with Crippen LogP contribution in [0.25, 0.3) is 0 Å². The molecule has 2 aliphatic rings. The summed E-state index contributed by atoms with van der Waals surface area (Å²) >= 11 is 0. The molecule has 2 aliphatic heterocycles. The highest BCUT2D eigenvalue weighted by Gasteiger charge is 2.48. The van der Waals surface area contributed by atoms with Crippen molar-refractivity contribution in [3.8, 4) is 0 Å². The third kappa shape index (κ3) is 7.68. The number of aliphatic carboxylic acids is 1. The molecular weight excluding hydrogens is 424 g/mol. The zero-order valence-corrected chi connectivity index (χ0v) is 18.9. The molecule has 0 aromatic heterocycles. The Morgan fingerprint density at radius 2 is 1.79 bits per heavy atom. The highest BCUT2D eigenvalue weighted by atomic mass is 16.5. The van der Waals surface area contributed by atoms with Crippen molar-refractivity contribution in [1.29, 1.82) is 0 Å². The molecule has 0 saturated carbocycles. The average molecular weight is 459 g/mol. The summed E-state index contributed by atoms with van der Waals surface area (Å²) in [5.74, 6) is -1.30. The Labute approximate surface area is 194 Å². The number of unbranched alkanes of at least 4 members (excludes halogenated alkanes) is 1. The molecule has 0 radical (unpaired) electrons. The number of hydrogen-bond acceptors (Lipinski definition) is 5. The van der Waals surface area contributed by atoms with E-state index in [9.17, 15) is 19.6 Å². The van der Waals surface area contributed by atoms with E-state index in [0.29, 0.717) is 19.3 Å². The van der Waals surface area contributed by atoms with Crippen molar-refractivity contribution in [2.75, 3.05) is 13.1 Å². The van der Waals surface area contributed by atoms with E-state index in [-0.39, 0.29) is 55.9 Å². The number of allylic oxidation sites excluding steroid dienone is 2. The lowest BCUT2D eigenvalue weighted by atomic mass is 9.77. The summed E-state index contributed by atoms with van der Waals surface area (Å²) in [4.78, 5) is 35.0. The molecule has 2 saturated heterocycles. The number of hydroxylamine groups is 2. The summed E-state index contributed by atoms with van der Waals surface area (Å²) in [7, 11) is 0. The molecule has 4 atom stereocenters. The van der Waals surface area contributed by atoms with E-state index < -0.39 is 11.9 Å². The Balaban J connectivity index is 1.40. The fourth-order valence-corrected chi connectivity index (χ4v) is 4.75. The monoisotopic (exact) mass is 458 g/mol. The minimum Gasteiger partial charge on any atom is -0.481 e. The van der Waals surface area contributed by atoms with Crippen molar-refractivity contribution < 1.29 is 29.4 Å². The number of aryl methyl sites for hydroxylation is 1. The van der Waals surface area contributed by atoms with Crippen molar-refractivity contribution in [2.24, 2.45) is 11.8 Å². The van der Waals surface area contributed by atoms with Crippen LogP contribution >= 0.6 is 0 Å². The van der Waals surface area contributed by atoms with Gasteiger partial charge in [-0.3, -0.25) is 19.6 Å². The van der Waals surface area contributed by atoms with Crippen LogP contribution in [0.1, 0.15) is 50.5 Å². The molecule has 2 amide bonds. The van der Waals surface area contributed by atoms with Gasteiger partial charge < -0.3 is 15.2 Å². The second-order valence-electron chi connectivity index (χ2n) is 8.85. The summed E-state index contributed by atoms with van der Waals surface area (Å²) < 4.78 is 6.03. The smallest absolute Gasteiger partial charge is 0.303 e. The number of nitrogens with zero attached hydrogens (tertiary/aromatic N) is 1. The van der Waals surface area contributed by atoms with Crippen LogP contribution in [0, 0.1) is 11.8 Å². The Hall–Kier alpha value is -2.71. The molecule has 180 valence electrons. The van der Waals surface area contributed by atoms with Crippen molar-refractivity contribution in [2.45, 2.75) is 63.6 Å². The van der Waals surface area contributed by atoms with Crippen LogP contribution in [0.3, 0.4) is 0 Å². The maximum atomic E-state index is 12.4. The van der Waals surface area contributed by atoms with Crippen LogP contribution < -0.4 is 5.32 Å². The molecular formula is C25H34N2O6. The first kappa shape index (κ1) is 24.9. The molecule has 2 bridgehead atoms. The summed E-state index contributed by atoms with van der Waals surface area (Å²) in [5, 5.41) is 22.4. The second-order valence-corrected chi connectivity index (χ2v) is 8.85. The molecule has 2 fully saturated rings. The normalized spacial score (nSPS) is 23.7. The Morgan fingerprint density at radius 3 is 2.52 bits per heavy atom. The first-order chi connectivity index (χ1) is 15.9. The lowest BCUT2D eigenvalue weighted by Gasteiger charge is -2.29. The van der Waals surface area contributed by atoms with Gasteiger partial charge in [0.25, 0.3) is 5.91 Å². The minimum absolute atomic E-state index is 0.0309. The number of fused-ring (bicyclic) bond motifs is 2. The molecule has 0 aliphatic carbocycles. The number of carboxylic acid groups (broad SMARTS) is 1. The first-order valence-corrected chi connectivity index (χ1v) is 11.8. The average Bonchev–Trinajstić information content (AvgIpc) is 3.41. The van der Waals surface area contributed by atoms with Gasteiger partial charge in [0.15, 0.2) is 0 Å². The van der Waals surface area contributed by atoms with E-state index in [1.54, 1.807) is 0 Å². The van der Waals surface area contributed by atoms with Gasteiger partial charge in [-0.25, -0.2) is 5.06 Å². The lowest BCUT2D eigenvalue weighted by Crippen LogP contribution is -2.43. The molecule has 0 unspecified atom stereocenters. The van der Waals surface area contributed by atoms with Crippen LogP contribution in [-0.2, 0) is 25.5 Å². The van der Waals surface area contributed by atoms with Gasteiger partial charge in [0.2, 0.25) is 5.91 Å². The number of carbonyl (C=O) groups excluding carboxylic acids is 2. The number of benzene rings is 1. The number of amides is 2. The van der Waals surface area contributed by atoms with Crippen LogP contribution in [0.15, 0.2) is 42.5 Å². The van der Waals surface area contributed by atoms with Crippen LogP contribution in [0.4, 0.5) is 0 Å².